The monoisotopic (exact) mass is 372 g/mol. The summed E-state index contributed by atoms with van der Waals surface area (Å²) in [6.07, 6.45) is -0.506. The molecule has 0 atom stereocenters. The smallest absolute Gasteiger partial charge is 0.207 e. The summed E-state index contributed by atoms with van der Waals surface area (Å²) in [5.74, 6) is -8.03. The summed E-state index contributed by atoms with van der Waals surface area (Å²) in [4.78, 5) is -1.25. The van der Waals surface area contributed by atoms with Crippen molar-refractivity contribution in [1.82, 2.24) is 4.31 Å². The predicted octanol–water partition coefficient (Wildman–Crippen LogP) is 2.96. The van der Waals surface area contributed by atoms with E-state index in [4.69, 9.17) is 5.26 Å². The average Bonchev–Trinajstić information content (AvgIpc) is 2.58. The maximum absolute atomic E-state index is 14.2. The summed E-state index contributed by atoms with van der Waals surface area (Å²) in [5.41, 5.74) is -0.241. The van der Waals surface area contributed by atoms with E-state index >= 15 is 0 Å². The van der Waals surface area contributed by atoms with Crippen molar-refractivity contribution in [2.75, 3.05) is 14.1 Å². The van der Waals surface area contributed by atoms with Crippen LogP contribution in [0.3, 0.4) is 0 Å². The van der Waals surface area contributed by atoms with E-state index in [1.807, 2.05) is 6.07 Å². The van der Waals surface area contributed by atoms with E-state index in [9.17, 15) is 26.0 Å². The fraction of sp³-hybridized carbons (Fsp3) is 0.188. The molecule has 132 valence electrons. The van der Waals surface area contributed by atoms with Gasteiger partial charge in [0, 0.05) is 26.1 Å². The number of hydrogen-bond donors (Lipinski definition) is 0. The maximum atomic E-state index is 14.2. The standard InChI is InChI=1S/C16H12F4N2O2S/c1-22(2)25(23,24)16-11(12(17)13(18)14(19)15(16)20)7-9-3-5-10(8-21)6-4-9/h3-6H,7H2,1-2H3. The van der Waals surface area contributed by atoms with Crippen molar-refractivity contribution in [2.24, 2.45) is 0 Å². The minimum atomic E-state index is -4.57. The van der Waals surface area contributed by atoms with Crippen molar-refractivity contribution >= 4 is 10.0 Å². The van der Waals surface area contributed by atoms with Gasteiger partial charge < -0.3 is 0 Å². The molecule has 0 bridgehead atoms. The zero-order valence-electron chi connectivity index (χ0n) is 13.1. The molecule has 0 aliphatic carbocycles. The summed E-state index contributed by atoms with van der Waals surface area (Å²) < 4.78 is 80.6. The number of nitrogens with zero attached hydrogens (tertiary/aromatic N) is 2. The van der Waals surface area contributed by atoms with E-state index in [1.54, 1.807) is 0 Å². The van der Waals surface area contributed by atoms with Crippen LogP contribution in [0.2, 0.25) is 0 Å². The predicted molar refractivity (Wildman–Crippen MR) is 81.1 cm³/mol. The molecule has 4 nitrogen and oxygen atoms in total. The highest BCUT2D eigenvalue weighted by Gasteiger charge is 2.33. The van der Waals surface area contributed by atoms with Crippen molar-refractivity contribution in [3.05, 3.63) is 64.2 Å². The van der Waals surface area contributed by atoms with Crippen LogP contribution in [0.25, 0.3) is 0 Å². The summed E-state index contributed by atoms with van der Waals surface area (Å²) in [7, 11) is -2.46. The van der Waals surface area contributed by atoms with Crippen molar-refractivity contribution in [2.45, 2.75) is 11.3 Å². The Labute approximate surface area is 142 Å². The first-order valence-electron chi connectivity index (χ1n) is 6.87. The lowest BCUT2D eigenvalue weighted by molar-refractivity contribution is 0.388. The molecule has 0 aliphatic heterocycles. The summed E-state index contributed by atoms with van der Waals surface area (Å²) in [6.45, 7) is 0. The minimum Gasteiger partial charge on any atom is -0.207 e. The quantitative estimate of drug-likeness (QED) is 0.471. The zero-order valence-corrected chi connectivity index (χ0v) is 14.0. The molecular formula is C16H12F4N2O2S. The molecule has 0 amide bonds. The molecular weight excluding hydrogens is 360 g/mol. The van der Waals surface area contributed by atoms with E-state index in [0.717, 1.165) is 14.1 Å². The lowest BCUT2D eigenvalue weighted by Crippen LogP contribution is -2.26. The van der Waals surface area contributed by atoms with Crippen molar-refractivity contribution < 1.29 is 26.0 Å². The van der Waals surface area contributed by atoms with Gasteiger partial charge in [-0.1, -0.05) is 12.1 Å². The molecule has 0 fully saturated rings. The minimum absolute atomic E-state index is 0.290. The first-order chi connectivity index (χ1) is 11.6. The molecule has 0 heterocycles. The highest BCUT2D eigenvalue weighted by atomic mass is 32.2. The molecule has 25 heavy (non-hydrogen) atoms. The number of halogens is 4. The summed E-state index contributed by atoms with van der Waals surface area (Å²) in [6, 6.07) is 7.37. The third-order valence-electron chi connectivity index (χ3n) is 3.52. The van der Waals surface area contributed by atoms with E-state index < -0.39 is 50.2 Å². The lowest BCUT2D eigenvalue weighted by atomic mass is 10.0. The first kappa shape index (κ1) is 18.9. The fourth-order valence-electron chi connectivity index (χ4n) is 2.17. The van der Waals surface area contributed by atoms with E-state index in [0.29, 0.717) is 15.4 Å². The third-order valence-corrected chi connectivity index (χ3v) is 5.42. The molecule has 0 N–H and O–H groups in total. The van der Waals surface area contributed by atoms with Crippen LogP contribution in [0.15, 0.2) is 29.2 Å². The van der Waals surface area contributed by atoms with Crippen molar-refractivity contribution in [3.63, 3.8) is 0 Å². The van der Waals surface area contributed by atoms with Crippen LogP contribution in [0.1, 0.15) is 16.7 Å². The van der Waals surface area contributed by atoms with Gasteiger partial charge in [-0.3, -0.25) is 0 Å². The topological polar surface area (TPSA) is 61.2 Å². The molecule has 9 heteroatoms. The highest BCUT2D eigenvalue weighted by molar-refractivity contribution is 7.89. The Bertz CT molecular complexity index is 965. The van der Waals surface area contributed by atoms with Gasteiger partial charge in [0.1, 0.15) is 4.90 Å². The molecule has 0 aromatic heterocycles. The van der Waals surface area contributed by atoms with Crippen LogP contribution in [0.4, 0.5) is 17.6 Å². The first-order valence-corrected chi connectivity index (χ1v) is 8.31. The number of sulfonamides is 1. The van der Waals surface area contributed by atoms with Gasteiger partial charge in [0.15, 0.2) is 23.3 Å². The lowest BCUT2D eigenvalue weighted by Gasteiger charge is -2.17. The maximum Gasteiger partial charge on any atom is 0.245 e. The molecule has 2 rings (SSSR count). The molecule has 0 unspecified atom stereocenters. The van der Waals surface area contributed by atoms with Crippen LogP contribution >= 0.6 is 0 Å². The Hall–Kier alpha value is -2.44. The van der Waals surface area contributed by atoms with Gasteiger partial charge in [0.2, 0.25) is 10.0 Å². The molecule has 0 saturated heterocycles. The Morgan fingerprint density at radius 2 is 1.48 bits per heavy atom. The molecule has 2 aromatic carbocycles. The van der Waals surface area contributed by atoms with Gasteiger partial charge in [0.05, 0.1) is 11.6 Å². The number of hydrogen-bond acceptors (Lipinski definition) is 3. The van der Waals surface area contributed by atoms with Gasteiger partial charge >= 0.3 is 0 Å². The van der Waals surface area contributed by atoms with Crippen LogP contribution in [0, 0.1) is 34.6 Å². The van der Waals surface area contributed by atoms with Crippen LogP contribution in [0.5, 0.6) is 0 Å². The number of nitriles is 1. The second kappa shape index (κ2) is 6.82. The fourth-order valence-corrected chi connectivity index (χ4v) is 3.32. The van der Waals surface area contributed by atoms with Gasteiger partial charge in [-0.15, -0.1) is 0 Å². The SMILES string of the molecule is CN(C)S(=O)(=O)c1c(F)c(F)c(F)c(F)c1Cc1ccc(C#N)cc1. The Morgan fingerprint density at radius 1 is 0.960 bits per heavy atom. The Morgan fingerprint density at radius 3 is 1.96 bits per heavy atom. The molecule has 0 spiro atoms. The second-order valence-corrected chi connectivity index (χ2v) is 7.43. The molecule has 0 radical (unpaired) electrons. The normalized spacial score (nSPS) is 11.6. The number of rotatable bonds is 4. The highest BCUT2D eigenvalue weighted by Crippen LogP contribution is 2.31. The second-order valence-electron chi connectivity index (χ2n) is 5.34. The Kier molecular flexibility index (Phi) is 5.15. The largest absolute Gasteiger partial charge is 0.245 e. The number of benzene rings is 2. The van der Waals surface area contributed by atoms with Crippen molar-refractivity contribution in [3.8, 4) is 6.07 Å². The Balaban J connectivity index is 2.73. The van der Waals surface area contributed by atoms with Crippen LogP contribution in [-0.4, -0.2) is 26.8 Å². The van der Waals surface area contributed by atoms with E-state index in [2.05, 4.69) is 0 Å². The average molecular weight is 372 g/mol. The van der Waals surface area contributed by atoms with Gasteiger partial charge in [-0.2, -0.15) is 5.26 Å². The summed E-state index contributed by atoms with van der Waals surface area (Å²) in [5, 5.41) is 8.74. The summed E-state index contributed by atoms with van der Waals surface area (Å²) >= 11 is 0. The molecule has 0 aliphatic rings. The van der Waals surface area contributed by atoms with Crippen molar-refractivity contribution in [1.29, 1.82) is 5.26 Å². The van der Waals surface area contributed by atoms with Gasteiger partial charge in [-0.25, -0.2) is 30.3 Å². The van der Waals surface area contributed by atoms with Gasteiger partial charge in [-0.05, 0) is 17.7 Å². The van der Waals surface area contributed by atoms with E-state index in [-0.39, 0.29) is 0 Å². The van der Waals surface area contributed by atoms with Crippen LogP contribution in [-0.2, 0) is 16.4 Å². The van der Waals surface area contributed by atoms with Crippen LogP contribution < -0.4 is 0 Å². The zero-order chi connectivity index (χ0) is 18.9. The van der Waals surface area contributed by atoms with Gasteiger partial charge in [0.25, 0.3) is 0 Å². The van der Waals surface area contributed by atoms with E-state index in [1.165, 1.54) is 24.3 Å². The molecule has 2 aromatic rings. The third kappa shape index (κ3) is 3.36. The molecule has 0 saturated carbocycles.